The number of hydrogen-bond donors (Lipinski definition) is 1. The van der Waals surface area contributed by atoms with Gasteiger partial charge >= 0.3 is 0 Å². The van der Waals surface area contributed by atoms with Crippen molar-refractivity contribution in [2.24, 2.45) is 5.73 Å². The molecular weight excluding hydrogens is 186 g/mol. The second-order valence-corrected chi connectivity index (χ2v) is 4.13. The Labute approximate surface area is 92.3 Å². The van der Waals surface area contributed by atoms with E-state index in [1.165, 1.54) is 0 Å². The van der Waals surface area contributed by atoms with Crippen molar-refractivity contribution in [3.63, 3.8) is 0 Å². The van der Waals surface area contributed by atoms with Crippen LogP contribution in [0.15, 0.2) is 12.1 Å². The molecule has 0 aliphatic heterocycles. The van der Waals surface area contributed by atoms with Crippen molar-refractivity contribution in [2.75, 3.05) is 18.5 Å². The highest BCUT2D eigenvalue weighted by Crippen LogP contribution is 2.19. The van der Waals surface area contributed by atoms with Gasteiger partial charge in [-0.2, -0.15) is 0 Å². The summed E-state index contributed by atoms with van der Waals surface area (Å²) in [5.41, 5.74) is 7.96. The average molecular weight is 207 g/mol. The van der Waals surface area contributed by atoms with E-state index >= 15 is 0 Å². The molecule has 0 aliphatic carbocycles. The van der Waals surface area contributed by atoms with Crippen molar-refractivity contribution in [1.82, 2.24) is 4.98 Å². The van der Waals surface area contributed by atoms with Crippen LogP contribution in [0.1, 0.15) is 37.9 Å². The van der Waals surface area contributed by atoms with Crippen LogP contribution in [0.5, 0.6) is 0 Å². The topological polar surface area (TPSA) is 42.1 Å². The number of hydrogen-bond acceptors (Lipinski definition) is 3. The Balaban J connectivity index is 3.11. The van der Waals surface area contributed by atoms with Crippen molar-refractivity contribution in [2.45, 2.75) is 33.2 Å². The molecule has 1 aromatic rings. The summed E-state index contributed by atoms with van der Waals surface area (Å²) in [6.07, 6.45) is 0. The minimum absolute atomic E-state index is 0.445. The van der Waals surface area contributed by atoms with Gasteiger partial charge in [-0.3, -0.25) is 0 Å². The maximum absolute atomic E-state index is 5.68. The van der Waals surface area contributed by atoms with E-state index in [9.17, 15) is 0 Å². The molecule has 3 nitrogen and oxygen atoms in total. The lowest BCUT2D eigenvalue weighted by Crippen LogP contribution is -2.18. The molecule has 1 aromatic heterocycles. The predicted octanol–water partition coefficient (Wildman–Crippen LogP) is 2.12. The summed E-state index contributed by atoms with van der Waals surface area (Å²) in [4.78, 5) is 6.75. The first-order valence-corrected chi connectivity index (χ1v) is 5.50. The van der Waals surface area contributed by atoms with Gasteiger partial charge in [0, 0.05) is 25.8 Å². The van der Waals surface area contributed by atoms with Crippen LogP contribution >= 0.6 is 0 Å². The summed E-state index contributed by atoms with van der Waals surface area (Å²) in [5.74, 6) is 1.46. The highest BCUT2D eigenvalue weighted by Gasteiger charge is 2.07. The maximum Gasteiger partial charge on any atom is 0.128 e. The van der Waals surface area contributed by atoms with E-state index in [-0.39, 0.29) is 0 Å². The molecule has 0 fully saturated rings. The molecule has 0 radical (unpaired) electrons. The molecule has 0 atom stereocenters. The zero-order valence-corrected chi connectivity index (χ0v) is 10.1. The molecule has 0 saturated carbocycles. The van der Waals surface area contributed by atoms with E-state index < -0.39 is 0 Å². The van der Waals surface area contributed by atoms with Crippen LogP contribution in [-0.2, 0) is 6.54 Å². The van der Waals surface area contributed by atoms with E-state index in [2.05, 4.69) is 42.8 Å². The SMILES string of the molecule is CCN(C)c1cc(CN)cc(C(C)C)n1. The molecule has 0 aliphatic rings. The van der Waals surface area contributed by atoms with E-state index in [0.717, 1.165) is 23.6 Å². The van der Waals surface area contributed by atoms with Crippen molar-refractivity contribution >= 4 is 5.82 Å². The van der Waals surface area contributed by atoms with Crippen LogP contribution in [0.3, 0.4) is 0 Å². The van der Waals surface area contributed by atoms with Gasteiger partial charge in [-0.05, 0) is 30.5 Å². The summed E-state index contributed by atoms with van der Waals surface area (Å²) in [7, 11) is 2.05. The number of anilines is 1. The minimum atomic E-state index is 0.445. The Kier molecular flexibility index (Phi) is 4.09. The lowest BCUT2D eigenvalue weighted by Gasteiger charge is -2.18. The quantitative estimate of drug-likeness (QED) is 0.822. The Morgan fingerprint density at radius 2 is 2.07 bits per heavy atom. The van der Waals surface area contributed by atoms with E-state index in [0.29, 0.717) is 12.5 Å². The van der Waals surface area contributed by atoms with Crippen molar-refractivity contribution in [3.05, 3.63) is 23.4 Å². The Hall–Kier alpha value is -1.09. The molecule has 1 rings (SSSR count). The van der Waals surface area contributed by atoms with Gasteiger partial charge in [0.1, 0.15) is 5.82 Å². The van der Waals surface area contributed by atoms with Gasteiger partial charge in [0.15, 0.2) is 0 Å². The van der Waals surface area contributed by atoms with E-state index in [4.69, 9.17) is 5.73 Å². The first-order valence-electron chi connectivity index (χ1n) is 5.50. The lowest BCUT2D eigenvalue weighted by atomic mass is 10.1. The summed E-state index contributed by atoms with van der Waals surface area (Å²) < 4.78 is 0. The third-order valence-electron chi connectivity index (χ3n) is 2.58. The number of aromatic nitrogens is 1. The van der Waals surface area contributed by atoms with Crippen LogP contribution < -0.4 is 10.6 Å². The molecule has 0 bridgehead atoms. The fraction of sp³-hybridized carbons (Fsp3) is 0.583. The van der Waals surface area contributed by atoms with Gasteiger partial charge in [0.05, 0.1) is 0 Å². The summed E-state index contributed by atoms with van der Waals surface area (Å²) >= 11 is 0. The van der Waals surface area contributed by atoms with Gasteiger partial charge in [-0.1, -0.05) is 13.8 Å². The molecule has 0 saturated heterocycles. The lowest BCUT2D eigenvalue weighted by molar-refractivity contribution is 0.805. The summed E-state index contributed by atoms with van der Waals surface area (Å²) in [5, 5.41) is 0. The number of nitrogens with zero attached hydrogens (tertiary/aromatic N) is 2. The third-order valence-corrected chi connectivity index (χ3v) is 2.58. The molecule has 1 heterocycles. The van der Waals surface area contributed by atoms with Crippen LogP contribution in [0, 0.1) is 0 Å². The number of nitrogens with two attached hydrogens (primary N) is 1. The Bertz CT molecular complexity index is 321. The Morgan fingerprint density at radius 1 is 1.40 bits per heavy atom. The van der Waals surface area contributed by atoms with Gasteiger partial charge in [-0.15, -0.1) is 0 Å². The molecule has 0 aromatic carbocycles. The van der Waals surface area contributed by atoms with Crippen LogP contribution in [0.25, 0.3) is 0 Å². The van der Waals surface area contributed by atoms with Crippen LogP contribution in [0.4, 0.5) is 5.82 Å². The first kappa shape index (κ1) is 12.0. The van der Waals surface area contributed by atoms with Crippen LogP contribution in [-0.4, -0.2) is 18.6 Å². The third kappa shape index (κ3) is 2.93. The Morgan fingerprint density at radius 3 is 2.53 bits per heavy atom. The number of rotatable bonds is 4. The van der Waals surface area contributed by atoms with Gasteiger partial charge in [-0.25, -0.2) is 4.98 Å². The molecule has 0 amide bonds. The monoisotopic (exact) mass is 207 g/mol. The predicted molar refractivity (Wildman–Crippen MR) is 65.2 cm³/mol. The molecule has 0 unspecified atom stereocenters. The van der Waals surface area contributed by atoms with E-state index in [1.807, 2.05) is 7.05 Å². The maximum atomic E-state index is 5.68. The highest BCUT2D eigenvalue weighted by molar-refractivity contribution is 5.42. The molecule has 0 spiro atoms. The standard InChI is InChI=1S/C12H21N3/c1-5-15(4)12-7-10(8-13)6-11(14-12)9(2)3/h6-7,9H,5,8,13H2,1-4H3. The normalized spacial score (nSPS) is 10.8. The molecular formula is C12H21N3. The average Bonchev–Trinajstić information content (AvgIpc) is 2.27. The number of pyridine rings is 1. The van der Waals surface area contributed by atoms with Crippen LogP contribution in [0.2, 0.25) is 0 Å². The fourth-order valence-electron chi connectivity index (χ4n) is 1.37. The summed E-state index contributed by atoms with van der Waals surface area (Å²) in [6.45, 7) is 7.95. The minimum Gasteiger partial charge on any atom is -0.360 e. The van der Waals surface area contributed by atoms with Crippen molar-refractivity contribution in [1.29, 1.82) is 0 Å². The second-order valence-electron chi connectivity index (χ2n) is 4.13. The highest BCUT2D eigenvalue weighted by atomic mass is 15.2. The molecule has 3 heteroatoms. The zero-order valence-electron chi connectivity index (χ0n) is 10.1. The largest absolute Gasteiger partial charge is 0.360 e. The van der Waals surface area contributed by atoms with Gasteiger partial charge in [0.25, 0.3) is 0 Å². The molecule has 15 heavy (non-hydrogen) atoms. The van der Waals surface area contributed by atoms with Crippen molar-refractivity contribution < 1.29 is 0 Å². The zero-order chi connectivity index (χ0) is 11.4. The summed E-state index contributed by atoms with van der Waals surface area (Å²) in [6, 6.07) is 4.16. The van der Waals surface area contributed by atoms with Gasteiger partial charge in [0.2, 0.25) is 0 Å². The molecule has 2 N–H and O–H groups in total. The molecule has 84 valence electrons. The fourth-order valence-corrected chi connectivity index (χ4v) is 1.37. The van der Waals surface area contributed by atoms with Crippen molar-refractivity contribution in [3.8, 4) is 0 Å². The van der Waals surface area contributed by atoms with E-state index in [1.54, 1.807) is 0 Å². The first-order chi connectivity index (χ1) is 7.08. The second kappa shape index (κ2) is 5.12. The smallest absolute Gasteiger partial charge is 0.128 e. The van der Waals surface area contributed by atoms with Gasteiger partial charge < -0.3 is 10.6 Å².